The van der Waals surface area contributed by atoms with Gasteiger partial charge in [-0.3, -0.25) is 9.89 Å². The van der Waals surface area contributed by atoms with E-state index in [2.05, 4.69) is 25.4 Å². The molecule has 0 unspecified atom stereocenters. The number of benzene rings is 1. The molecule has 1 aromatic carbocycles. The van der Waals surface area contributed by atoms with Crippen LogP contribution >= 0.6 is 11.3 Å². The molecular weight excluding hydrogens is 334 g/mol. The van der Waals surface area contributed by atoms with Gasteiger partial charge in [0.15, 0.2) is 5.69 Å². The number of H-pyrrole nitrogens is 1. The second-order valence-electron chi connectivity index (χ2n) is 6.89. The third-order valence-corrected chi connectivity index (χ3v) is 6.25. The van der Waals surface area contributed by atoms with Gasteiger partial charge in [-0.05, 0) is 50.0 Å². The first-order valence-electron chi connectivity index (χ1n) is 8.69. The molecule has 5 heterocycles. The van der Waals surface area contributed by atoms with Crippen molar-refractivity contribution in [2.24, 2.45) is 5.92 Å². The summed E-state index contributed by atoms with van der Waals surface area (Å²) in [5.74, 6) is 0.520. The molecule has 0 aliphatic carbocycles. The van der Waals surface area contributed by atoms with Crippen LogP contribution in [0.15, 0.2) is 29.8 Å². The van der Waals surface area contributed by atoms with Crippen molar-refractivity contribution in [2.75, 3.05) is 19.6 Å². The Morgan fingerprint density at radius 3 is 2.92 bits per heavy atom. The van der Waals surface area contributed by atoms with Crippen molar-refractivity contribution < 1.29 is 4.79 Å². The molecule has 6 rings (SSSR count). The molecule has 3 fully saturated rings. The van der Waals surface area contributed by atoms with Gasteiger partial charge < -0.3 is 10.2 Å². The predicted octanol–water partition coefficient (Wildman–Crippen LogP) is 2.51. The van der Waals surface area contributed by atoms with Gasteiger partial charge in [-0.2, -0.15) is 5.10 Å². The number of hydrogen-bond acceptors (Lipinski definition) is 5. The van der Waals surface area contributed by atoms with E-state index >= 15 is 0 Å². The van der Waals surface area contributed by atoms with Gasteiger partial charge in [0, 0.05) is 35.1 Å². The number of nitrogens with one attached hydrogen (secondary N) is 2. The summed E-state index contributed by atoms with van der Waals surface area (Å²) in [6.45, 7) is 3.29. The van der Waals surface area contributed by atoms with Crippen molar-refractivity contribution in [3.05, 3.63) is 35.5 Å². The highest BCUT2D eigenvalue weighted by molar-refractivity contribution is 7.13. The summed E-state index contributed by atoms with van der Waals surface area (Å²) in [6.07, 6.45) is 4.15. The number of piperidine rings is 3. The molecule has 3 aliphatic rings. The van der Waals surface area contributed by atoms with Crippen LogP contribution in [0.2, 0.25) is 0 Å². The fraction of sp³-hybridized carbons (Fsp3) is 0.389. The van der Waals surface area contributed by atoms with E-state index in [9.17, 15) is 4.79 Å². The number of hydrogen-bond donors (Lipinski definition) is 2. The van der Waals surface area contributed by atoms with Crippen molar-refractivity contribution in [1.82, 2.24) is 25.4 Å². The average Bonchev–Trinajstić information content (AvgIpc) is 3.32. The largest absolute Gasteiger partial charge is 0.346 e. The summed E-state index contributed by atoms with van der Waals surface area (Å²) in [6, 6.07) is 6.21. The smallest absolute Gasteiger partial charge is 0.272 e. The number of thiazole rings is 1. The van der Waals surface area contributed by atoms with E-state index in [1.807, 2.05) is 23.6 Å². The lowest BCUT2D eigenvalue weighted by molar-refractivity contribution is 0.0618. The molecule has 2 aromatic heterocycles. The Kier molecular flexibility index (Phi) is 3.57. The topological polar surface area (TPSA) is 73.9 Å². The minimum absolute atomic E-state index is 0.0821. The molecule has 2 N–H and O–H groups in total. The average molecular weight is 353 g/mol. The molecular formula is C18H19N5OS. The molecule has 1 amide bonds. The second-order valence-corrected chi connectivity index (χ2v) is 7.78. The molecule has 1 atom stereocenters. The number of aromatic amines is 1. The normalized spacial score (nSPS) is 25.4. The molecule has 3 aromatic rings. The molecule has 0 spiro atoms. The van der Waals surface area contributed by atoms with Gasteiger partial charge >= 0.3 is 0 Å². The quantitative estimate of drug-likeness (QED) is 0.759. The first kappa shape index (κ1) is 15.0. The maximum atomic E-state index is 12.8. The zero-order valence-electron chi connectivity index (χ0n) is 13.7. The number of nitrogens with zero attached hydrogens (tertiary/aromatic N) is 3. The van der Waals surface area contributed by atoms with Gasteiger partial charge in [-0.1, -0.05) is 0 Å². The Balaban J connectivity index is 1.44. The van der Waals surface area contributed by atoms with E-state index in [1.54, 1.807) is 17.5 Å². The van der Waals surface area contributed by atoms with Crippen LogP contribution < -0.4 is 5.32 Å². The molecule has 128 valence electrons. The Hall–Kier alpha value is -2.25. The molecule has 3 aliphatic heterocycles. The van der Waals surface area contributed by atoms with Crippen LogP contribution in [0, 0.1) is 5.92 Å². The molecule has 2 bridgehead atoms. The van der Waals surface area contributed by atoms with Gasteiger partial charge in [-0.25, -0.2) is 4.98 Å². The van der Waals surface area contributed by atoms with Crippen molar-refractivity contribution in [2.45, 2.75) is 18.9 Å². The number of fused-ring (bicyclic) bond motifs is 4. The zero-order chi connectivity index (χ0) is 16.8. The van der Waals surface area contributed by atoms with E-state index in [4.69, 9.17) is 0 Å². The third kappa shape index (κ3) is 2.63. The maximum absolute atomic E-state index is 12.8. The Labute approximate surface area is 149 Å². The van der Waals surface area contributed by atoms with Crippen LogP contribution in [0.4, 0.5) is 0 Å². The van der Waals surface area contributed by atoms with Crippen molar-refractivity contribution >= 4 is 28.1 Å². The van der Waals surface area contributed by atoms with Crippen molar-refractivity contribution in [1.29, 1.82) is 0 Å². The van der Waals surface area contributed by atoms with Gasteiger partial charge in [0.05, 0.1) is 5.52 Å². The lowest BCUT2D eigenvalue weighted by Gasteiger charge is -2.44. The van der Waals surface area contributed by atoms with Crippen LogP contribution in [0.5, 0.6) is 0 Å². The minimum atomic E-state index is -0.0821. The van der Waals surface area contributed by atoms with Crippen molar-refractivity contribution in [3.63, 3.8) is 0 Å². The minimum Gasteiger partial charge on any atom is -0.346 e. The summed E-state index contributed by atoms with van der Waals surface area (Å²) in [5.41, 5.74) is 2.37. The second kappa shape index (κ2) is 5.93. The lowest BCUT2D eigenvalue weighted by atomic mass is 9.84. The fourth-order valence-corrected chi connectivity index (χ4v) is 4.69. The Morgan fingerprint density at radius 1 is 1.32 bits per heavy atom. The van der Waals surface area contributed by atoms with E-state index in [0.29, 0.717) is 11.6 Å². The predicted molar refractivity (Wildman–Crippen MR) is 97.6 cm³/mol. The van der Waals surface area contributed by atoms with Gasteiger partial charge in [-0.15, -0.1) is 11.3 Å². The monoisotopic (exact) mass is 353 g/mol. The summed E-state index contributed by atoms with van der Waals surface area (Å²) in [5, 5.41) is 14.2. The molecule has 7 heteroatoms. The van der Waals surface area contributed by atoms with Gasteiger partial charge in [0.25, 0.3) is 5.91 Å². The SMILES string of the molecule is O=C(N[C@H]1CN2CCC1CC2)c1n[nH]c2ccc(-c3nccs3)cc12. The molecule has 25 heavy (non-hydrogen) atoms. The van der Waals surface area contributed by atoms with Crippen molar-refractivity contribution in [3.8, 4) is 10.6 Å². The molecule has 0 radical (unpaired) electrons. The molecule has 6 nitrogen and oxygen atoms in total. The number of aromatic nitrogens is 3. The number of amides is 1. The van der Waals surface area contributed by atoms with E-state index in [0.717, 1.165) is 28.0 Å². The van der Waals surface area contributed by atoms with Crippen LogP contribution in [-0.4, -0.2) is 51.7 Å². The fourth-order valence-electron chi connectivity index (χ4n) is 4.05. The van der Waals surface area contributed by atoms with Crippen LogP contribution in [0.3, 0.4) is 0 Å². The number of rotatable bonds is 3. The summed E-state index contributed by atoms with van der Waals surface area (Å²) in [4.78, 5) is 19.6. The highest BCUT2D eigenvalue weighted by atomic mass is 32.1. The zero-order valence-corrected chi connectivity index (χ0v) is 14.6. The first-order chi connectivity index (χ1) is 12.3. The first-order valence-corrected chi connectivity index (χ1v) is 9.57. The Bertz CT molecular complexity index is 911. The summed E-state index contributed by atoms with van der Waals surface area (Å²) < 4.78 is 0. The Morgan fingerprint density at radius 2 is 2.20 bits per heavy atom. The van der Waals surface area contributed by atoms with Crippen LogP contribution in [-0.2, 0) is 0 Å². The summed E-state index contributed by atoms with van der Waals surface area (Å²) in [7, 11) is 0. The molecule has 0 saturated carbocycles. The number of carbonyl (C=O) groups is 1. The van der Waals surface area contributed by atoms with Gasteiger partial charge in [0.2, 0.25) is 0 Å². The van der Waals surface area contributed by atoms with Crippen LogP contribution in [0.1, 0.15) is 23.3 Å². The van der Waals surface area contributed by atoms with E-state index in [1.165, 1.54) is 25.9 Å². The van der Waals surface area contributed by atoms with Crippen LogP contribution in [0.25, 0.3) is 21.5 Å². The molecule has 3 saturated heterocycles. The number of carbonyl (C=O) groups excluding carboxylic acids is 1. The van der Waals surface area contributed by atoms with E-state index < -0.39 is 0 Å². The highest BCUT2D eigenvalue weighted by Crippen LogP contribution is 2.29. The van der Waals surface area contributed by atoms with E-state index in [-0.39, 0.29) is 11.9 Å². The van der Waals surface area contributed by atoms with Gasteiger partial charge in [0.1, 0.15) is 5.01 Å². The maximum Gasteiger partial charge on any atom is 0.272 e. The highest BCUT2D eigenvalue weighted by Gasteiger charge is 2.35. The third-order valence-electron chi connectivity index (χ3n) is 5.43. The lowest BCUT2D eigenvalue weighted by Crippen LogP contribution is -2.57. The summed E-state index contributed by atoms with van der Waals surface area (Å²) >= 11 is 1.59. The standard InChI is InChI=1S/C18H19N5OS/c24-17(20-15-10-23-6-3-11(15)4-7-23)16-13-9-12(18-19-5-8-25-18)1-2-14(13)21-22-16/h1-2,5,8-9,11,15H,3-4,6-7,10H2,(H,20,24)(H,21,22)/t15-/m0/s1.